The number of hydrogen-bond acceptors (Lipinski definition) is 3. The van der Waals surface area contributed by atoms with E-state index in [0.29, 0.717) is 17.5 Å². The first-order chi connectivity index (χ1) is 11.4. The van der Waals surface area contributed by atoms with Crippen molar-refractivity contribution in [2.45, 2.75) is 25.9 Å². The molecule has 0 radical (unpaired) electrons. The fraction of sp³-hybridized carbons (Fsp3) is 0.294. The third kappa shape index (κ3) is 2.93. The maximum Gasteiger partial charge on any atom is 0.418 e. The molecule has 4 nitrogen and oxygen atoms in total. The molecule has 7 heteroatoms. The molecule has 0 fully saturated rings. The molecule has 0 aliphatic rings. The summed E-state index contributed by atoms with van der Waals surface area (Å²) in [6.07, 6.45) is -2.38. The van der Waals surface area contributed by atoms with E-state index in [1.807, 2.05) is 6.92 Å². The van der Waals surface area contributed by atoms with Crippen molar-refractivity contribution < 1.29 is 22.7 Å². The summed E-state index contributed by atoms with van der Waals surface area (Å²) in [5.74, 6) is -0.981. The van der Waals surface area contributed by atoms with Crippen LogP contribution < -0.4 is 0 Å². The second-order valence-electron chi connectivity index (χ2n) is 5.42. The summed E-state index contributed by atoms with van der Waals surface area (Å²) in [5, 5.41) is 0. The molecule has 2 heterocycles. The van der Waals surface area contributed by atoms with Gasteiger partial charge >= 0.3 is 12.1 Å². The lowest BCUT2D eigenvalue weighted by atomic mass is 10.1. The van der Waals surface area contributed by atoms with E-state index in [9.17, 15) is 18.0 Å². The van der Waals surface area contributed by atoms with E-state index in [4.69, 9.17) is 4.74 Å². The van der Waals surface area contributed by atoms with Crippen LogP contribution in [-0.2, 0) is 10.9 Å². The number of aromatic nitrogens is 2. The number of benzene rings is 1. The molecule has 0 bridgehead atoms. The average Bonchev–Trinajstić information content (AvgIpc) is 2.90. The third-order valence-electron chi connectivity index (χ3n) is 3.70. The van der Waals surface area contributed by atoms with E-state index >= 15 is 0 Å². The number of carbonyl (C=O) groups is 1. The predicted octanol–water partition coefficient (Wildman–Crippen LogP) is 4.46. The van der Waals surface area contributed by atoms with Gasteiger partial charge in [-0.25, -0.2) is 9.78 Å². The fourth-order valence-corrected chi connectivity index (χ4v) is 2.49. The first kappa shape index (κ1) is 16.3. The molecule has 0 unspecified atom stereocenters. The van der Waals surface area contributed by atoms with Gasteiger partial charge in [0.15, 0.2) is 0 Å². The maximum absolute atomic E-state index is 13.4. The van der Waals surface area contributed by atoms with E-state index in [0.717, 1.165) is 18.7 Å². The molecule has 0 atom stereocenters. The zero-order valence-electron chi connectivity index (χ0n) is 12.9. The Morgan fingerprint density at radius 1 is 1.29 bits per heavy atom. The minimum absolute atomic E-state index is 0.0915. The minimum atomic E-state index is -4.67. The Morgan fingerprint density at radius 2 is 2.04 bits per heavy atom. The van der Waals surface area contributed by atoms with Crippen LogP contribution >= 0.6 is 0 Å². The number of carbonyl (C=O) groups excluding carboxylic acids is 1. The van der Waals surface area contributed by atoms with Crippen LogP contribution in [0.2, 0.25) is 0 Å². The number of nitrogens with zero attached hydrogens (tertiary/aromatic N) is 2. The summed E-state index contributed by atoms with van der Waals surface area (Å²) >= 11 is 0. The summed E-state index contributed by atoms with van der Waals surface area (Å²) in [6, 6.07) is 7.98. The number of para-hydroxylation sites is 2. The van der Waals surface area contributed by atoms with E-state index < -0.39 is 23.3 Å². The molecule has 0 N–H and O–H groups in total. The molecule has 3 aromatic rings. The smallest absolute Gasteiger partial charge is 0.418 e. The van der Waals surface area contributed by atoms with E-state index in [-0.39, 0.29) is 12.3 Å². The number of fused-ring (bicyclic) bond motifs is 3. The molecular formula is C17H15F3N2O2. The SMILES string of the molecule is CCCCOC(=O)c1cc2nc3ccccc3n2cc1C(F)(F)F. The lowest BCUT2D eigenvalue weighted by Crippen LogP contribution is -2.17. The molecule has 2 aromatic heterocycles. The fourth-order valence-electron chi connectivity index (χ4n) is 2.49. The summed E-state index contributed by atoms with van der Waals surface area (Å²) in [6.45, 7) is 1.99. The van der Waals surface area contributed by atoms with E-state index in [1.54, 1.807) is 24.3 Å². The van der Waals surface area contributed by atoms with Gasteiger partial charge < -0.3 is 4.74 Å². The van der Waals surface area contributed by atoms with Gasteiger partial charge in [-0.15, -0.1) is 0 Å². The van der Waals surface area contributed by atoms with Crippen molar-refractivity contribution in [3.05, 3.63) is 47.7 Å². The standard InChI is InChI=1S/C17H15F3N2O2/c1-2-3-8-24-16(23)11-9-15-21-13-6-4-5-7-14(13)22(15)10-12(11)17(18,19)20/h4-7,9-10H,2-3,8H2,1H3. The Bertz CT molecular complexity index is 900. The van der Waals surface area contributed by atoms with Crippen molar-refractivity contribution in [2.24, 2.45) is 0 Å². The largest absolute Gasteiger partial charge is 0.462 e. The normalized spacial score (nSPS) is 12.0. The van der Waals surface area contributed by atoms with Crippen LogP contribution in [0.4, 0.5) is 13.2 Å². The van der Waals surface area contributed by atoms with Crippen LogP contribution in [0.3, 0.4) is 0 Å². The van der Waals surface area contributed by atoms with Crippen LogP contribution in [0.15, 0.2) is 36.5 Å². The lowest BCUT2D eigenvalue weighted by Gasteiger charge is -2.13. The molecule has 1 aromatic carbocycles. The quantitative estimate of drug-likeness (QED) is 0.522. The highest BCUT2D eigenvalue weighted by atomic mass is 19.4. The summed E-state index contributed by atoms with van der Waals surface area (Å²) in [7, 11) is 0. The van der Waals surface area contributed by atoms with Crippen LogP contribution in [0.25, 0.3) is 16.7 Å². The second-order valence-corrected chi connectivity index (χ2v) is 5.42. The van der Waals surface area contributed by atoms with Gasteiger partial charge in [0.05, 0.1) is 28.8 Å². The zero-order valence-corrected chi connectivity index (χ0v) is 12.9. The van der Waals surface area contributed by atoms with Crippen LogP contribution in [-0.4, -0.2) is 22.0 Å². The van der Waals surface area contributed by atoms with Crippen LogP contribution in [0, 0.1) is 0 Å². The number of hydrogen-bond donors (Lipinski definition) is 0. The van der Waals surface area contributed by atoms with Crippen LogP contribution in [0.1, 0.15) is 35.7 Å². The predicted molar refractivity (Wildman–Crippen MR) is 82.9 cm³/mol. The second kappa shape index (κ2) is 6.14. The van der Waals surface area contributed by atoms with Gasteiger partial charge in [0.1, 0.15) is 5.65 Å². The highest BCUT2D eigenvalue weighted by molar-refractivity contribution is 5.93. The number of imidazole rings is 1. The lowest BCUT2D eigenvalue weighted by molar-refractivity contribution is -0.138. The topological polar surface area (TPSA) is 43.6 Å². The Labute approximate surface area is 135 Å². The summed E-state index contributed by atoms with van der Waals surface area (Å²) < 4.78 is 46.5. The molecular weight excluding hydrogens is 321 g/mol. The maximum atomic E-state index is 13.4. The van der Waals surface area contributed by atoms with Gasteiger partial charge in [0, 0.05) is 6.20 Å². The minimum Gasteiger partial charge on any atom is -0.462 e. The van der Waals surface area contributed by atoms with Gasteiger partial charge in [-0.3, -0.25) is 4.40 Å². The molecule has 0 spiro atoms. The third-order valence-corrected chi connectivity index (χ3v) is 3.70. The first-order valence-electron chi connectivity index (χ1n) is 7.57. The van der Waals surface area contributed by atoms with Crippen molar-refractivity contribution >= 4 is 22.6 Å². The molecule has 3 rings (SSSR count). The number of ether oxygens (including phenoxy) is 1. The van der Waals surface area contributed by atoms with Gasteiger partial charge in [-0.1, -0.05) is 25.5 Å². The van der Waals surface area contributed by atoms with Crippen LogP contribution in [0.5, 0.6) is 0 Å². The molecule has 24 heavy (non-hydrogen) atoms. The summed E-state index contributed by atoms with van der Waals surface area (Å²) in [4.78, 5) is 16.4. The van der Waals surface area contributed by atoms with Gasteiger partial charge in [-0.2, -0.15) is 13.2 Å². The number of halogens is 3. The van der Waals surface area contributed by atoms with Gasteiger partial charge in [-0.05, 0) is 24.6 Å². The Kier molecular flexibility index (Phi) is 4.17. The van der Waals surface area contributed by atoms with Crippen molar-refractivity contribution in [3.63, 3.8) is 0 Å². The Balaban J connectivity index is 2.16. The average molecular weight is 336 g/mol. The molecule has 0 amide bonds. The number of unbranched alkanes of at least 4 members (excludes halogenated alkanes) is 1. The van der Waals surface area contributed by atoms with Crippen molar-refractivity contribution in [1.82, 2.24) is 9.38 Å². The van der Waals surface area contributed by atoms with E-state index in [2.05, 4.69) is 4.98 Å². The monoisotopic (exact) mass is 336 g/mol. The number of esters is 1. The van der Waals surface area contributed by atoms with E-state index in [1.165, 1.54) is 4.40 Å². The van der Waals surface area contributed by atoms with Gasteiger partial charge in [0.2, 0.25) is 0 Å². The highest BCUT2D eigenvalue weighted by Crippen LogP contribution is 2.34. The Morgan fingerprint density at radius 3 is 2.75 bits per heavy atom. The molecule has 0 saturated carbocycles. The first-order valence-corrected chi connectivity index (χ1v) is 7.57. The molecule has 0 aliphatic carbocycles. The van der Waals surface area contributed by atoms with Gasteiger partial charge in [0.25, 0.3) is 0 Å². The molecule has 126 valence electrons. The number of pyridine rings is 1. The number of alkyl halides is 3. The molecule has 0 aliphatic heterocycles. The molecule has 0 saturated heterocycles. The highest BCUT2D eigenvalue weighted by Gasteiger charge is 2.37. The Hall–Kier alpha value is -2.57. The van der Waals surface area contributed by atoms with Crippen molar-refractivity contribution in [2.75, 3.05) is 6.61 Å². The zero-order chi connectivity index (χ0) is 17.3. The summed E-state index contributed by atoms with van der Waals surface area (Å²) in [5.41, 5.74) is -0.168. The van der Waals surface area contributed by atoms with Crippen molar-refractivity contribution in [3.8, 4) is 0 Å². The van der Waals surface area contributed by atoms with Crippen molar-refractivity contribution in [1.29, 1.82) is 0 Å². The number of rotatable bonds is 4.